The Kier molecular flexibility index (Phi) is 5.65. The third-order valence-corrected chi connectivity index (χ3v) is 4.64. The molecule has 0 saturated carbocycles. The zero-order valence-corrected chi connectivity index (χ0v) is 14.4. The third-order valence-electron chi connectivity index (χ3n) is 4.18. The monoisotopic (exact) mass is 353 g/mol. The summed E-state index contributed by atoms with van der Waals surface area (Å²) in [6, 6.07) is 3.68. The first-order valence-corrected chi connectivity index (χ1v) is 8.39. The van der Waals surface area contributed by atoms with Gasteiger partial charge >= 0.3 is 0 Å². The van der Waals surface area contributed by atoms with E-state index in [-0.39, 0.29) is 11.9 Å². The molecule has 1 saturated heterocycles. The van der Waals surface area contributed by atoms with E-state index in [1.807, 2.05) is 26.0 Å². The molecule has 1 aliphatic rings. The van der Waals surface area contributed by atoms with Gasteiger partial charge in [0.25, 0.3) is 0 Å². The van der Waals surface area contributed by atoms with E-state index in [0.29, 0.717) is 11.4 Å². The zero-order valence-electron chi connectivity index (χ0n) is 12.8. The maximum absolute atomic E-state index is 12.5. The Balaban J connectivity index is 2.06. The van der Waals surface area contributed by atoms with E-state index in [2.05, 4.69) is 26.1 Å². The third kappa shape index (κ3) is 4.20. The van der Waals surface area contributed by atoms with Gasteiger partial charge in [-0.15, -0.1) is 0 Å². The van der Waals surface area contributed by atoms with E-state index in [9.17, 15) is 4.79 Å². The lowest BCUT2D eigenvalue weighted by molar-refractivity contribution is -0.120. The Bertz CT molecular complexity index is 510. The smallest absolute Gasteiger partial charge is 0.241 e. The summed E-state index contributed by atoms with van der Waals surface area (Å²) in [6.07, 6.45) is 4.89. The van der Waals surface area contributed by atoms with Gasteiger partial charge in [0.2, 0.25) is 5.91 Å². The second kappa shape index (κ2) is 7.27. The van der Waals surface area contributed by atoms with Crippen LogP contribution in [0.3, 0.4) is 0 Å². The van der Waals surface area contributed by atoms with Gasteiger partial charge in [0.15, 0.2) is 0 Å². The van der Waals surface area contributed by atoms with E-state index in [0.717, 1.165) is 23.1 Å². The highest BCUT2D eigenvalue weighted by Gasteiger charge is 2.22. The lowest BCUT2D eigenvalue weighted by atomic mass is 10.1. The van der Waals surface area contributed by atoms with E-state index in [1.165, 1.54) is 25.7 Å². The van der Waals surface area contributed by atoms with E-state index < -0.39 is 0 Å². The zero-order chi connectivity index (χ0) is 15.4. The normalized spacial score (nSPS) is 18.0. The predicted octanol–water partition coefficient (Wildman–Crippen LogP) is 3.54. The molecule has 4 nitrogen and oxygen atoms in total. The molecule has 1 heterocycles. The van der Waals surface area contributed by atoms with Crippen molar-refractivity contribution < 1.29 is 4.79 Å². The number of amides is 1. The number of aryl methyl sites for hydroxylation is 1. The number of nitrogen functional groups attached to an aromatic ring is 1. The van der Waals surface area contributed by atoms with Crippen LogP contribution in [0, 0.1) is 6.92 Å². The Morgan fingerprint density at radius 3 is 2.52 bits per heavy atom. The summed E-state index contributed by atoms with van der Waals surface area (Å²) in [5.74, 6) is 0.0149. The topological polar surface area (TPSA) is 58.4 Å². The van der Waals surface area contributed by atoms with Crippen molar-refractivity contribution >= 4 is 33.2 Å². The standard InChI is InChI=1S/C16H24BrN3O/c1-11-9-13(17)10-14(15(11)18)19-16(21)12(2)20-7-5-3-4-6-8-20/h9-10,12H,3-8,18H2,1-2H3,(H,19,21). The molecule has 1 atom stereocenters. The number of hydrogen-bond donors (Lipinski definition) is 2. The fourth-order valence-electron chi connectivity index (χ4n) is 2.74. The van der Waals surface area contributed by atoms with Gasteiger partial charge in [0.1, 0.15) is 0 Å². The van der Waals surface area contributed by atoms with Gasteiger partial charge in [-0.1, -0.05) is 28.8 Å². The molecular formula is C16H24BrN3O. The number of nitrogens with two attached hydrogens (primary N) is 1. The average molecular weight is 354 g/mol. The number of hydrogen-bond acceptors (Lipinski definition) is 3. The van der Waals surface area contributed by atoms with E-state index >= 15 is 0 Å². The quantitative estimate of drug-likeness (QED) is 0.817. The van der Waals surface area contributed by atoms with Gasteiger partial charge in [0, 0.05) is 4.47 Å². The molecule has 0 spiro atoms. The molecule has 0 radical (unpaired) electrons. The first-order valence-electron chi connectivity index (χ1n) is 7.59. The largest absolute Gasteiger partial charge is 0.397 e. The van der Waals surface area contributed by atoms with Crippen molar-refractivity contribution in [3.05, 3.63) is 22.2 Å². The molecule has 1 amide bonds. The number of carbonyl (C=O) groups excluding carboxylic acids is 1. The summed E-state index contributed by atoms with van der Waals surface area (Å²) in [6.45, 7) is 5.92. The molecule has 1 unspecified atom stereocenters. The van der Waals surface area contributed by atoms with Gasteiger partial charge in [-0.25, -0.2) is 0 Å². The maximum atomic E-state index is 12.5. The molecule has 0 aromatic heterocycles. The van der Waals surface area contributed by atoms with Crippen molar-refractivity contribution in [2.75, 3.05) is 24.1 Å². The van der Waals surface area contributed by atoms with Gasteiger partial charge in [-0.2, -0.15) is 0 Å². The first-order chi connectivity index (χ1) is 9.99. The average Bonchev–Trinajstić information content (AvgIpc) is 2.72. The molecule has 0 aliphatic carbocycles. The maximum Gasteiger partial charge on any atom is 0.241 e. The van der Waals surface area contributed by atoms with Crippen molar-refractivity contribution in [2.45, 2.75) is 45.6 Å². The highest BCUT2D eigenvalue weighted by molar-refractivity contribution is 9.10. The summed E-state index contributed by atoms with van der Waals surface area (Å²) in [7, 11) is 0. The SMILES string of the molecule is Cc1cc(Br)cc(NC(=O)C(C)N2CCCCCC2)c1N. The summed E-state index contributed by atoms with van der Waals surface area (Å²) < 4.78 is 0.923. The molecule has 1 aromatic carbocycles. The lowest BCUT2D eigenvalue weighted by Crippen LogP contribution is -2.42. The van der Waals surface area contributed by atoms with Crippen LogP contribution in [0.25, 0.3) is 0 Å². The fraction of sp³-hybridized carbons (Fsp3) is 0.562. The Hall–Kier alpha value is -1.07. The number of likely N-dealkylation sites (tertiary alicyclic amines) is 1. The minimum Gasteiger partial charge on any atom is -0.397 e. The minimum atomic E-state index is -0.123. The number of nitrogens with zero attached hydrogens (tertiary/aromatic N) is 1. The molecule has 116 valence electrons. The van der Waals surface area contributed by atoms with Gasteiger partial charge < -0.3 is 11.1 Å². The van der Waals surface area contributed by atoms with Gasteiger partial charge in [0.05, 0.1) is 17.4 Å². The van der Waals surface area contributed by atoms with Crippen molar-refractivity contribution in [1.82, 2.24) is 4.90 Å². The van der Waals surface area contributed by atoms with Gasteiger partial charge in [-0.3, -0.25) is 9.69 Å². The highest BCUT2D eigenvalue weighted by Crippen LogP contribution is 2.28. The van der Waals surface area contributed by atoms with Crippen LogP contribution in [0.4, 0.5) is 11.4 Å². The van der Waals surface area contributed by atoms with Crippen LogP contribution in [0.1, 0.15) is 38.2 Å². The summed E-state index contributed by atoms with van der Waals surface area (Å²) >= 11 is 3.44. The number of anilines is 2. The van der Waals surface area contributed by atoms with Crippen LogP contribution in [0.2, 0.25) is 0 Å². The van der Waals surface area contributed by atoms with Crippen LogP contribution >= 0.6 is 15.9 Å². The molecule has 5 heteroatoms. The number of benzene rings is 1. The predicted molar refractivity (Wildman–Crippen MR) is 91.4 cm³/mol. The number of rotatable bonds is 3. The summed E-state index contributed by atoms with van der Waals surface area (Å²) in [5.41, 5.74) is 8.34. The van der Waals surface area contributed by atoms with E-state index in [4.69, 9.17) is 5.73 Å². The molecule has 0 bridgehead atoms. The number of carbonyl (C=O) groups is 1. The Morgan fingerprint density at radius 1 is 1.29 bits per heavy atom. The molecule has 2 rings (SSSR count). The van der Waals surface area contributed by atoms with Crippen molar-refractivity contribution in [1.29, 1.82) is 0 Å². The van der Waals surface area contributed by atoms with Crippen LogP contribution in [-0.2, 0) is 4.79 Å². The first kappa shape index (κ1) is 16.3. The lowest BCUT2D eigenvalue weighted by Gasteiger charge is -2.26. The molecule has 1 aromatic rings. The second-order valence-electron chi connectivity index (χ2n) is 5.80. The van der Waals surface area contributed by atoms with Crippen molar-refractivity contribution in [3.8, 4) is 0 Å². The van der Waals surface area contributed by atoms with E-state index in [1.54, 1.807) is 0 Å². The van der Waals surface area contributed by atoms with Gasteiger partial charge in [-0.05, 0) is 57.5 Å². The fourth-order valence-corrected chi connectivity index (χ4v) is 3.32. The van der Waals surface area contributed by atoms with Crippen molar-refractivity contribution in [2.24, 2.45) is 0 Å². The second-order valence-corrected chi connectivity index (χ2v) is 6.72. The number of nitrogens with one attached hydrogen (secondary N) is 1. The molecular weight excluding hydrogens is 330 g/mol. The molecule has 3 N–H and O–H groups in total. The van der Waals surface area contributed by atoms with Crippen LogP contribution in [-0.4, -0.2) is 29.9 Å². The van der Waals surface area contributed by atoms with Crippen LogP contribution < -0.4 is 11.1 Å². The highest BCUT2D eigenvalue weighted by atomic mass is 79.9. The Labute approximate surface area is 135 Å². The molecule has 1 fully saturated rings. The summed E-state index contributed by atoms with van der Waals surface area (Å²) in [4.78, 5) is 14.7. The van der Waals surface area contributed by atoms with Crippen LogP contribution in [0.15, 0.2) is 16.6 Å². The molecule has 21 heavy (non-hydrogen) atoms. The van der Waals surface area contributed by atoms with Crippen molar-refractivity contribution in [3.63, 3.8) is 0 Å². The minimum absolute atomic E-state index is 0.0149. The Morgan fingerprint density at radius 2 is 1.90 bits per heavy atom. The van der Waals surface area contributed by atoms with Crippen LogP contribution in [0.5, 0.6) is 0 Å². The summed E-state index contributed by atoms with van der Waals surface area (Å²) in [5, 5.41) is 2.97. The number of halogens is 1. The molecule has 1 aliphatic heterocycles.